The summed E-state index contributed by atoms with van der Waals surface area (Å²) in [5.41, 5.74) is 4.47. The van der Waals surface area contributed by atoms with Crippen molar-refractivity contribution in [1.29, 1.82) is 0 Å². The average Bonchev–Trinajstić information content (AvgIpc) is 3.09. The van der Waals surface area contributed by atoms with Crippen molar-refractivity contribution in [1.82, 2.24) is 4.40 Å². The lowest BCUT2D eigenvalue weighted by Gasteiger charge is -2.08. The molecule has 0 atom stereocenters. The standard InChI is InChI=1S/C25H21NO3/c1-2-29-22(27)17-20-21-15-9-10-16-26(21)24(23(20)18-11-5-3-6-12-18)25(28)19-13-7-4-8-14-19/h3-16H,2,17H2,1H3. The summed E-state index contributed by atoms with van der Waals surface area (Å²) in [6, 6.07) is 24.7. The number of carbonyl (C=O) groups excluding carboxylic acids is 2. The third kappa shape index (κ3) is 3.57. The van der Waals surface area contributed by atoms with Crippen molar-refractivity contribution >= 4 is 17.3 Å². The van der Waals surface area contributed by atoms with E-state index in [0.29, 0.717) is 17.9 Å². The second-order valence-electron chi connectivity index (χ2n) is 6.70. The van der Waals surface area contributed by atoms with Crippen LogP contribution in [0.25, 0.3) is 16.6 Å². The van der Waals surface area contributed by atoms with Crippen LogP contribution in [0.3, 0.4) is 0 Å². The highest BCUT2D eigenvalue weighted by molar-refractivity contribution is 6.14. The molecule has 0 radical (unpaired) electrons. The minimum absolute atomic E-state index is 0.0826. The fourth-order valence-corrected chi connectivity index (χ4v) is 3.68. The van der Waals surface area contributed by atoms with Gasteiger partial charge in [0.05, 0.1) is 18.5 Å². The van der Waals surface area contributed by atoms with Crippen molar-refractivity contribution in [2.24, 2.45) is 0 Å². The van der Waals surface area contributed by atoms with Gasteiger partial charge in [-0.2, -0.15) is 0 Å². The third-order valence-electron chi connectivity index (χ3n) is 4.89. The van der Waals surface area contributed by atoms with Gasteiger partial charge in [0.15, 0.2) is 0 Å². The first-order valence-electron chi connectivity index (χ1n) is 9.63. The maximum Gasteiger partial charge on any atom is 0.310 e. The number of hydrogen-bond acceptors (Lipinski definition) is 3. The lowest BCUT2D eigenvalue weighted by atomic mass is 9.95. The van der Waals surface area contributed by atoms with Gasteiger partial charge < -0.3 is 9.14 Å². The van der Waals surface area contributed by atoms with Gasteiger partial charge in [-0.1, -0.05) is 66.7 Å². The first-order valence-corrected chi connectivity index (χ1v) is 9.63. The number of rotatable bonds is 6. The Labute approximate surface area is 169 Å². The van der Waals surface area contributed by atoms with E-state index in [1.807, 2.05) is 89.5 Å². The summed E-state index contributed by atoms with van der Waals surface area (Å²) < 4.78 is 7.09. The van der Waals surface area contributed by atoms with Gasteiger partial charge in [-0.25, -0.2) is 0 Å². The number of carbonyl (C=O) groups is 2. The number of hydrogen-bond donors (Lipinski definition) is 0. The minimum atomic E-state index is -0.306. The van der Waals surface area contributed by atoms with Crippen LogP contribution in [0.1, 0.15) is 28.5 Å². The van der Waals surface area contributed by atoms with E-state index in [2.05, 4.69) is 0 Å². The maximum absolute atomic E-state index is 13.5. The molecule has 4 rings (SSSR count). The van der Waals surface area contributed by atoms with Crippen molar-refractivity contribution in [2.45, 2.75) is 13.3 Å². The molecule has 29 heavy (non-hydrogen) atoms. The zero-order valence-corrected chi connectivity index (χ0v) is 16.2. The van der Waals surface area contributed by atoms with E-state index >= 15 is 0 Å². The van der Waals surface area contributed by atoms with E-state index in [1.165, 1.54) is 0 Å². The predicted molar refractivity (Wildman–Crippen MR) is 113 cm³/mol. The average molecular weight is 383 g/mol. The van der Waals surface area contributed by atoms with Crippen molar-refractivity contribution in [3.8, 4) is 11.1 Å². The van der Waals surface area contributed by atoms with Gasteiger partial charge in [0.1, 0.15) is 5.69 Å². The summed E-state index contributed by atoms with van der Waals surface area (Å²) in [5, 5.41) is 0. The SMILES string of the molecule is CCOC(=O)Cc1c(-c2ccccc2)c(C(=O)c2ccccc2)n2ccccc12. The highest BCUT2D eigenvalue weighted by atomic mass is 16.5. The Kier molecular flexibility index (Phi) is 5.25. The van der Waals surface area contributed by atoms with Gasteiger partial charge >= 0.3 is 5.97 Å². The molecule has 0 aliphatic heterocycles. The number of fused-ring (bicyclic) bond motifs is 1. The Morgan fingerprint density at radius 3 is 2.21 bits per heavy atom. The van der Waals surface area contributed by atoms with E-state index in [-0.39, 0.29) is 18.2 Å². The number of aromatic nitrogens is 1. The maximum atomic E-state index is 13.5. The van der Waals surface area contributed by atoms with Crippen LogP contribution in [0, 0.1) is 0 Å². The Hall–Kier alpha value is -3.66. The lowest BCUT2D eigenvalue weighted by molar-refractivity contribution is -0.142. The molecule has 0 unspecified atom stereocenters. The molecule has 2 aromatic carbocycles. The van der Waals surface area contributed by atoms with Gasteiger partial charge in [-0.3, -0.25) is 9.59 Å². The van der Waals surface area contributed by atoms with Crippen LogP contribution >= 0.6 is 0 Å². The summed E-state index contributed by atoms with van der Waals surface area (Å²) in [5.74, 6) is -0.388. The quantitative estimate of drug-likeness (QED) is 0.350. The van der Waals surface area contributed by atoms with E-state index in [0.717, 1.165) is 22.2 Å². The normalized spacial score (nSPS) is 10.8. The van der Waals surface area contributed by atoms with Crippen LogP contribution < -0.4 is 0 Å². The Morgan fingerprint density at radius 1 is 0.862 bits per heavy atom. The van der Waals surface area contributed by atoms with Gasteiger partial charge in [-0.05, 0) is 30.2 Å². The third-order valence-corrected chi connectivity index (χ3v) is 4.89. The molecule has 2 aromatic heterocycles. The zero-order chi connectivity index (χ0) is 20.2. The number of pyridine rings is 1. The molecule has 0 saturated heterocycles. The Morgan fingerprint density at radius 2 is 1.52 bits per heavy atom. The second kappa shape index (κ2) is 8.15. The Balaban J connectivity index is 2.01. The molecule has 0 bridgehead atoms. The molecule has 4 aromatic rings. The zero-order valence-electron chi connectivity index (χ0n) is 16.2. The molecule has 0 N–H and O–H groups in total. The molecular formula is C25H21NO3. The van der Waals surface area contributed by atoms with E-state index in [9.17, 15) is 9.59 Å². The molecule has 4 heteroatoms. The van der Waals surface area contributed by atoms with Crippen LogP contribution in [0.4, 0.5) is 0 Å². The summed E-state index contributed by atoms with van der Waals surface area (Å²) in [4.78, 5) is 25.9. The van der Waals surface area contributed by atoms with Crippen LogP contribution in [0.5, 0.6) is 0 Å². The van der Waals surface area contributed by atoms with Crippen LogP contribution in [-0.4, -0.2) is 22.8 Å². The molecule has 144 valence electrons. The smallest absolute Gasteiger partial charge is 0.310 e. The molecule has 0 aliphatic carbocycles. The molecule has 2 heterocycles. The van der Waals surface area contributed by atoms with E-state index < -0.39 is 0 Å². The number of ketones is 1. The molecule has 0 fully saturated rings. The highest BCUT2D eigenvalue weighted by Crippen LogP contribution is 2.35. The molecule has 0 aliphatic rings. The van der Waals surface area contributed by atoms with Crippen molar-refractivity contribution in [3.63, 3.8) is 0 Å². The summed E-state index contributed by atoms with van der Waals surface area (Å²) in [7, 11) is 0. The lowest BCUT2D eigenvalue weighted by Crippen LogP contribution is -2.09. The minimum Gasteiger partial charge on any atom is -0.466 e. The van der Waals surface area contributed by atoms with Gasteiger partial charge in [0.25, 0.3) is 0 Å². The van der Waals surface area contributed by atoms with Crippen LogP contribution in [0.2, 0.25) is 0 Å². The Bertz CT molecular complexity index is 1160. The molecular weight excluding hydrogens is 362 g/mol. The van der Waals surface area contributed by atoms with Crippen molar-refractivity contribution in [2.75, 3.05) is 6.61 Å². The number of nitrogens with zero attached hydrogens (tertiary/aromatic N) is 1. The largest absolute Gasteiger partial charge is 0.466 e. The van der Waals surface area contributed by atoms with Gasteiger partial charge in [0, 0.05) is 17.3 Å². The van der Waals surface area contributed by atoms with Crippen LogP contribution in [-0.2, 0) is 16.0 Å². The fraction of sp³-hybridized carbons (Fsp3) is 0.120. The summed E-state index contributed by atoms with van der Waals surface area (Å²) in [6.45, 7) is 2.11. The number of benzene rings is 2. The molecule has 4 nitrogen and oxygen atoms in total. The fourth-order valence-electron chi connectivity index (χ4n) is 3.68. The first-order chi connectivity index (χ1) is 14.2. The predicted octanol–water partition coefficient (Wildman–Crippen LogP) is 4.94. The first kappa shape index (κ1) is 18.7. The van der Waals surface area contributed by atoms with Gasteiger partial charge in [0.2, 0.25) is 5.78 Å². The summed E-state index contributed by atoms with van der Waals surface area (Å²) in [6.07, 6.45) is 1.97. The van der Waals surface area contributed by atoms with E-state index in [4.69, 9.17) is 4.74 Å². The van der Waals surface area contributed by atoms with Crippen molar-refractivity contribution in [3.05, 3.63) is 102 Å². The monoisotopic (exact) mass is 383 g/mol. The second-order valence-corrected chi connectivity index (χ2v) is 6.70. The van der Waals surface area contributed by atoms with Gasteiger partial charge in [-0.15, -0.1) is 0 Å². The topological polar surface area (TPSA) is 47.8 Å². The summed E-state index contributed by atoms with van der Waals surface area (Å²) >= 11 is 0. The highest BCUT2D eigenvalue weighted by Gasteiger charge is 2.26. The van der Waals surface area contributed by atoms with Crippen molar-refractivity contribution < 1.29 is 14.3 Å². The number of ether oxygens (including phenoxy) is 1. The number of esters is 1. The molecule has 0 saturated carbocycles. The molecule has 0 spiro atoms. The van der Waals surface area contributed by atoms with Crippen LogP contribution in [0.15, 0.2) is 85.1 Å². The van der Waals surface area contributed by atoms with E-state index in [1.54, 1.807) is 6.92 Å². The molecule has 0 amide bonds.